The maximum atomic E-state index is 14.0. The van der Waals surface area contributed by atoms with Gasteiger partial charge in [-0.1, -0.05) is 0 Å². The molecule has 0 spiro atoms. The molecule has 7 nitrogen and oxygen atoms in total. The van der Waals surface area contributed by atoms with Crippen molar-refractivity contribution in [3.63, 3.8) is 0 Å². The summed E-state index contributed by atoms with van der Waals surface area (Å²) in [7, 11) is 1.94. The van der Waals surface area contributed by atoms with Gasteiger partial charge >= 0.3 is 0 Å². The number of ether oxygens (including phenoxy) is 1. The number of aryl methyl sites for hydroxylation is 2. The summed E-state index contributed by atoms with van der Waals surface area (Å²) >= 11 is 0. The molecule has 1 aromatic carbocycles. The van der Waals surface area contributed by atoms with Crippen LogP contribution in [0.3, 0.4) is 0 Å². The lowest BCUT2D eigenvalue weighted by atomic mass is 10.0. The first-order valence-electron chi connectivity index (χ1n) is 10.5. The standard InChI is InChI=1S/C23H25FN6O/c1-14-19(15(2)29(3)28-14)8-9-31-21-10-18(24)5-6-20(21)16-4-7-22-26-27-23(30(22)13-16)17-11-25-12-17/h4-7,10,13,17,25H,8-9,11-12H2,1-3H3. The predicted molar refractivity (Wildman–Crippen MR) is 116 cm³/mol. The van der Waals surface area contributed by atoms with E-state index in [9.17, 15) is 4.39 Å². The lowest BCUT2D eigenvalue weighted by Crippen LogP contribution is -2.40. The molecule has 0 atom stereocenters. The molecule has 1 fully saturated rings. The maximum absolute atomic E-state index is 14.0. The van der Waals surface area contributed by atoms with Crippen molar-refractivity contribution in [1.82, 2.24) is 29.7 Å². The summed E-state index contributed by atoms with van der Waals surface area (Å²) in [6, 6.07) is 8.59. The molecule has 0 amide bonds. The Morgan fingerprint density at radius 2 is 2.00 bits per heavy atom. The van der Waals surface area contributed by atoms with Crippen LogP contribution in [-0.4, -0.2) is 44.1 Å². The zero-order valence-electron chi connectivity index (χ0n) is 17.9. The molecule has 4 aromatic rings. The van der Waals surface area contributed by atoms with Crippen molar-refractivity contribution in [2.24, 2.45) is 7.05 Å². The molecule has 0 saturated carbocycles. The van der Waals surface area contributed by atoms with Crippen molar-refractivity contribution in [3.05, 3.63) is 65.1 Å². The number of halogens is 1. The minimum absolute atomic E-state index is 0.320. The van der Waals surface area contributed by atoms with Crippen molar-refractivity contribution < 1.29 is 9.13 Å². The Bertz CT molecular complexity index is 1260. The number of rotatable bonds is 6. The molecule has 1 N–H and O–H groups in total. The molecule has 1 saturated heterocycles. The Balaban J connectivity index is 1.43. The van der Waals surface area contributed by atoms with E-state index in [1.54, 1.807) is 6.07 Å². The Morgan fingerprint density at radius 1 is 1.16 bits per heavy atom. The normalized spacial score (nSPS) is 14.2. The minimum Gasteiger partial charge on any atom is -0.492 e. The molecule has 3 aromatic heterocycles. The molecule has 5 rings (SSSR count). The average molecular weight is 420 g/mol. The molecule has 31 heavy (non-hydrogen) atoms. The third-order valence-electron chi connectivity index (χ3n) is 6.10. The van der Waals surface area contributed by atoms with Gasteiger partial charge in [-0.05, 0) is 43.7 Å². The monoisotopic (exact) mass is 420 g/mol. The van der Waals surface area contributed by atoms with Crippen LogP contribution in [0, 0.1) is 19.7 Å². The second kappa shape index (κ2) is 7.77. The first-order chi connectivity index (χ1) is 15.0. The first-order valence-corrected chi connectivity index (χ1v) is 10.5. The van der Waals surface area contributed by atoms with Gasteiger partial charge in [0.25, 0.3) is 0 Å². The molecular formula is C23H25FN6O. The molecule has 0 radical (unpaired) electrons. The highest BCUT2D eigenvalue weighted by atomic mass is 19.1. The van der Waals surface area contributed by atoms with Crippen molar-refractivity contribution in [2.45, 2.75) is 26.2 Å². The van der Waals surface area contributed by atoms with Crippen molar-refractivity contribution in [3.8, 4) is 16.9 Å². The van der Waals surface area contributed by atoms with Crippen LogP contribution in [-0.2, 0) is 13.5 Å². The summed E-state index contributed by atoms with van der Waals surface area (Å²) in [4.78, 5) is 0. The highest BCUT2D eigenvalue weighted by molar-refractivity contribution is 5.71. The topological polar surface area (TPSA) is 69.3 Å². The molecular weight excluding hydrogens is 395 g/mol. The first kappa shape index (κ1) is 19.7. The van der Waals surface area contributed by atoms with Crippen LogP contribution in [0.5, 0.6) is 5.75 Å². The lowest BCUT2D eigenvalue weighted by Gasteiger charge is -2.25. The highest BCUT2D eigenvalue weighted by Gasteiger charge is 2.24. The van der Waals surface area contributed by atoms with Gasteiger partial charge in [0.1, 0.15) is 17.4 Å². The van der Waals surface area contributed by atoms with Crippen LogP contribution in [0.15, 0.2) is 36.5 Å². The van der Waals surface area contributed by atoms with Crippen LogP contribution in [0.2, 0.25) is 0 Å². The molecule has 4 heterocycles. The van der Waals surface area contributed by atoms with E-state index in [0.29, 0.717) is 24.7 Å². The molecule has 0 aliphatic carbocycles. The lowest BCUT2D eigenvalue weighted by molar-refractivity contribution is 0.321. The second-order valence-electron chi connectivity index (χ2n) is 8.07. The number of hydrogen-bond donors (Lipinski definition) is 1. The molecule has 1 aliphatic rings. The summed E-state index contributed by atoms with van der Waals surface area (Å²) < 4.78 is 24.0. The number of aromatic nitrogens is 5. The number of benzene rings is 1. The largest absolute Gasteiger partial charge is 0.492 e. The van der Waals surface area contributed by atoms with E-state index < -0.39 is 0 Å². The second-order valence-corrected chi connectivity index (χ2v) is 8.07. The Labute approximate surface area is 179 Å². The van der Waals surface area contributed by atoms with Gasteiger partial charge in [0.2, 0.25) is 0 Å². The quantitative estimate of drug-likeness (QED) is 0.519. The maximum Gasteiger partial charge on any atom is 0.160 e. The van der Waals surface area contributed by atoms with Crippen LogP contribution in [0.25, 0.3) is 16.8 Å². The van der Waals surface area contributed by atoms with Crippen LogP contribution < -0.4 is 10.1 Å². The van der Waals surface area contributed by atoms with E-state index in [2.05, 4.69) is 20.6 Å². The van der Waals surface area contributed by atoms with Gasteiger partial charge < -0.3 is 10.1 Å². The van der Waals surface area contributed by atoms with Gasteiger partial charge in [0.05, 0.1) is 12.3 Å². The number of fused-ring (bicyclic) bond motifs is 1. The Kier molecular flexibility index (Phi) is 4.94. The van der Waals surface area contributed by atoms with Crippen LogP contribution in [0.1, 0.15) is 28.7 Å². The zero-order chi connectivity index (χ0) is 21.5. The molecule has 0 unspecified atom stereocenters. The van der Waals surface area contributed by atoms with Gasteiger partial charge in [-0.3, -0.25) is 9.08 Å². The van der Waals surface area contributed by atoms with Gasteiger partial charge in [0, 0.05) is 61.6 Å². The fourth-order valence-electron chi connectivity index (χ4n) is 4.11. The van der Waals surface area contributed by atoms with E-state index in [0.717, 1.165) is 47.1 Å². The molecule has 160 valence electrons. The molecule has 0 bridgehead atoms. The fourth-order valence-corrected chi connectivity index (χ4v) is 4.11. The van der Waals surface area contributed by atoms with E-state index in [1.807, 2.05) is 48.3 Å². The average Bonchev–Trinajstić information content (AvgIpc) is 3.22. The van der Waals surface area contributed by atoms with Crippen molar-refractivity contribution in [2.75, 3.05) is 19.7 Å². The third-order valence-corrected chi connectivity index (χ3v) is 6.10. The smallest absolute Gasteiger partial charge is 0.160 e. The SMILES string of the molecule is Cc1nn(C)c(C)c1CCOc1cc(F)ccc1-c1ccc2nnc(C3CNC3)n2c1. The number of hydrogen-bond acceptors (Lipinski definition) is 5. The summed E-state index contributed by atoms with van der Waals surface area (Å²) in [5.74, 6) is 1.51. The molecule has 1 aliphatic heterocycles. The van der Waals surface area contributed by atoms with E-state index in [1.165, 1.54) is 17.7 Å². The predicted octanol–water partition coefficient (Wildman–Crippen LogP) is 3.19. The highest BCUT2D eigenvalue weighted by Crippen LogP contribution is 2.32. The Morgan fingerprint density at radius 3 is 2.71 bits per heavy atom. The summed E-state index contributed by atoms with van der Waals surface area (Å²) in [6.45, 7) is 6.30. The third kappa shape index (κ3) is 3.57. The minimum atomic E-state index is -0.320. The van der Waals surface area contributed by atoms with Gasteiger partial charge in [0.15, 0.2) is 5.65 Å². The summed E-state index contributed by atoms with van der Waals surface area (Å²) in [5.41, 5.74) is 5.87. The summed E-state index contributed by atoms with van der Waals surface area (Å²) in [6.07, 6.45) is 2.73. The molecule has 8 heteroatoms. The zero-order valence-corrected chi connectivity index (χ0v) is 17.9. The Hall–Kier alpha value is -3.26. The summed E-state index contributed by atoms with van der Waals surface area (Å²) in [5, 5.41) is 16.4. The van der Waals surface area contributed by atoms with Gasteiger partial charge in [-0.2, -0.15) is 5.10 Å². The number of nitrogens with zero attached hydrogens (tertiary/aromatic N) is 5. The fraction of sp³-hybridized carbons (Fsp3) is 0.348. The van der Waals surface area contributed by atoms with E-state index >= 15 is 0 Å². The van der Waals surface area contributed by atoms with E-state index in [4.69, 9.17) is 4.74 Å². The van der Waals surface area contributed by atoms with Crippen molar-refractivity contribution in [1.29, 1.82) is 0 Å². The number of pyridine rings is 1. The van der Waals surface area contributed by atoms with Gasteiger partial charge in [-0.25, -0.2) is 4.39 Å². The number of nitrogens with one attached hydrogen (secondary N) is 1. The van der Waals surface area contributed by atoms with Gasteiger partial charge in [-0.15, -0.1) is 10.2 Å². The van der Waals surface area contributed by atoms with E-state index in [-0.39, 0.29) is 5.82 Å². The van der Waals surface area contributed by atoms with Crippen LogP contribution >= 0.6 is 0 Å². The van der Waals surface area contributed by atoms with Crippen LogP contribution in [0.4, 0.5) is 4.39 Å². The van der Waals surface area contributed by atoms with Crippen molar-refractivity contribution >= 4 is 5.65 Å².